The van der Waals surface area contributed by atoms with E-state index in [2.05, 4.69) is 15.5 Å². The van der Waals surface area contributed by atoms with E-state index in [-0.39, 0.29) is 11.8 Å². The summed E-state index contributed by atoms with van der Waals surface area (Å²) in [6, 6.07) is 5.92. The average molecular weight is 307 g/mol. The number of hydrogen-bond acceptors (Lipinski definition) is 3. The topological polar surface area (TPSA) is 53.6 Å². The molecule has 0 aromatic heterocycles. The van der Waals surface area contributed by atoms with Crippen molar-refractivity contribution >= 4 is 12.1 Å². The predicted octanol–water partition coefficient (Wildman–Crippen LogP) is 1.82. The zero-order valence-corrected chi connectivity index (χ0v) is 12.6. The van der Waals surface area contributed by atoms with Gasteiger partial charge < -0.3 is 15.4 Å². The van der Waals surface area contributed by atoms with Crippen LogP contribution in [0.1, 0.15) is 12.0 Å². The van der Waals surface area contributed by atoms with E-state index in [0.717, 1.165) is 39.3 Å². The molecule has 2 rings (SSSR count). The van der Waals surface area contributed by atoms with Crippen LogP contribution < -0.4 is 10.6 Å². The molecule has 2 amide bonds. The maximum atomic E-state index is 13.0. The summed E-state index contributed by atoms with van der Waals surface area (Å²) >= 11 is 0. The van der Waals surface area contributed by atoms with Crippen LogP contribution in [0, 0.1) is 5.82 Å². The van der Waals surface area contributed by atoms with Crippen molar-refractivity contribution in [2.75, 3.05) is 39.4 Å². The first-order chi connectivity index (χ1) is 10.7. The van der Waals surface area contributed by atoms with Crippen LogP contribution in [-0.4, -0.2) is 50.3 Å². The Morgan fingerprint density at radius 2 is 2.18 bits per heavy atom. The number of halogens is 1. The Kier molecular flexibility index (Phi) is 6.86. The minimum Gasteiger partial charge on any atom is -0.379 e. The van der Waals surface area contributed by atoms with Gasteiger partial charge in [0.1, 0.15) is 5.82 Å². The number of carbonyl (C=O) groups excluding carboxylic acids is 1. The second kappa shape index (κ2) is 9.17. The second-order valence-electron chi connectivity index (χ2n) is 5.10. The first kappa shape index (κ1) is 16.5. The number of carbonyl (C=O) groups is 1. The van der Waals surface area contributed by atoms with Gasteiger partial charge in [0.2, 0.25) is 0 Å². The van der Waals surface area contributed by atoms with Crippen molar-refractivity contribution in [3.05, 3.63) is 41.8 Å². The molecule has 0 radical (unpaired) electrons. The van der Waals surface area contributed by atoms with Gasteiger partial charge >= 0.3 is 6.03 Å². The maximum absolute atomic E-state index is 13.0. The van der Waals surface area contributed by atoms with Gasteiger partial charge in [-0.2, -0.15) is 0 Å². The van der Waals surface area contributed by atoms with E-state index >= 15 is 0 Å². The number of nitrogens with one attached hydrogen (secondary N) is 2. The fraction of sp³-hybridized carbons (Fsp3) is 0.438. The van der Waals surface area contributed by atoms with Crippen molar-refractivity contribution in [1.29, 1.82) is 0 Å². The third-order valence-electron chi connectivity index (χ3n) is 3.38. The smallest absolute Gasteiger partial charge is 0.318 e. The highest BCUT2D eigenvalue weighted by atomic mass is 19.1. The van der Waals surface area contributed by atoms with Gasteiger partial charge in [0.25, 0.3) is 0 Å². The molecule has 0 aliphatic carbocycles. The summed E-state index contributed by atoms with van der Waals surface area (Å²) in [6.45, 7) is 5.09. The quantitative estimate of drug-likeness (QED) is 0.788. The molecular formula is C16H22FN3O2. The molecule has 0 unspecified atom stereocenters. The van der Waals surface area contributed by atoms with Crippen LogP contribution in [0.2, 0.25) is 0 Å². The molecule has 22 heavy (non-hydrogen) atoms. The molecule has 1 fully saturated rings. The van der Waals surface area contributed by atoms with Crippen LogP contribution >= 0.6 is 0 Å². The zero-order valence-electron chi connectivity index (χ0n) is 12.6. The van der Waals surface area contributed by atoms with Gasteiger partial charge in [-0.1, -0.05) is 12.1 Å². The van der Waals surface area contributed by atoms with Crippen molar-refractivity contribution in [1.82, 2.24) is 15.5 Å². The number of amides is 2. The molecule has 1 heterocycles. The van der Waals surface area contributed by atoms with Gasteiger partial charge in [0, 0.05) is 25.8 Å². The number of ether oxygens (including phenoxy) is 1. The lowest BCUT2D eigenvalue weighted by molar-refractivity contribution is 0.0375. The maximum Gasteiger partial charge on any atom is 0.318 e. The highest BCUT2D eigenvalue weighted by molar-refractivity contribution is 5.75. The zero-order chi connectivity index (χ0) is 15.6. The van der Waals surface area contributed by atoms with Crippen LogP contribution in [-0.2, 0) is 4.74 Å². The summed E-state index contributed by atoms with van der Waals surface area (Å²) in [6.07, 6.45) is 4.06. The molecule has 5 nitrogen and oxygen atoms in total. The summed E-state index contributed by atoms with van der Waals surface area (Å²) < 4.78 is 18.2. The highest BCUT2D eigenvalue weighted by Crippen LogP contribution is 2.04. The van der Waals surface area contributed by atoms with Crippen LogP contribution in [0.5, 0.6) is 0 Å². The Labute approximate surface area is 130 Å². The van der Waals surface area contributed by atoms with Gasteiger partial charge in [-0.15, -0.1) is 0 Å². The van der Waals surface area contributed by atoms with Crippen LogP contribution in [0.4, 0.5) is 9.18 Å². The minimum atomic E-state index is -0.297. The normalized spacial score (nSPS) is 15.9. The average Bonchev–Trinajstić information content (AvgIpc) is 2.53. The molecule has 0 atom stereocenters. The minimum absolute atomic E-state index is 0.255. The van der Waals surface area contributed by atoms with Gasteiger partial charge in [0.15, 0.2) is 0 Å². The van der Waals surface area contributed by atoms with Crippen LogP contribution in [0.15, 0.2) is 30.5 Å². The number of urea groups is 1. The molecule has 0 bridgehead atoms. The Hall–Kier alpha value is -1.92. The number of benzene rings is 1. The lowest BCUT2D eigenvalue weighted by Gasteiger charge is -2.26. The van der Waals surface area contributed by atoms with Gasteiger partial charge in [0.05, 0.1) is 13.2 Å². The number of nitrogens with zero attached hydrogens (tertiary/aromatic N) is 1. The fourth-order valence-corrected chi connectivity index (χ4v) is 2.20. The fourth-order valence-electron chi connectivity index (χ4n) is 2.20. The van der Waals surface area contributed by atoms with Crippen molar-refractivity contribution < 1.29 is 13.9 Å². The number of rotatable bonds is 6. The monoisotopic (exact) mass is 307 g/mol. The Bertz CT molecular complexity index is 502. The molecule has 120 valence electrons. The Morgan fingerprint density at radius 1 is 1.36 bits per heavy atom. The van der Waals surface area contributed by atoms with E-state index in [4.69, 9.17) is 4.74 Å². The molecule has 0 spiro atoms. The first-order valence-corrected chi connectivity index (χ1v) is 7.50. The number of morpholine rings is 1. The van der Waals surface area contributed by atoms with E-state index in [1.54, 1.807) is 18.2 Å². The van der Waals surface area contributed by atoms with E-state index in [1.807, 2.05) is 0 Å². The molecular weight excluding hydrogens is 285 g/mol. The molecule has 1 aliphatic heterocycles. The van der Waals surface area contributed by atoms with Gasteiger partial charge in [-0.3, -0.25) is 4.90 Å². The lowest BCUT2D eigenvalue weighted by atomic mass is 10.2. The second-order valence-corrected chi connectivity index (χ2v) is 5.10. The largest absolute Gasteiger partial charge is 0.379 e. The highest BCUT2D eigenvalue weighted by Gasteiger charge is 2.09. The summed E-state index contributed by atoms with van der Waals surface area (Å²) in [7, 11) is 0. The molecule has 0 saturated carbocycles. The van der Waals surface area contributed by atoms with Crippen molar-refractivity contribution in [3.63, 3.8) is 0 Å². The van der Waals surface area contributed by atoms with Gasteiger partial charge in [-0.05, 0) is 36.7 Å². The molecule has 1 aromatic carbocycles. The molecule has 1 aromatic rings. The molecule has 6 heteroatoms. The Balaban J connectivity index is 1.57. The van der Waals surface area contributed by atoms with Crippen LogP contribution in [0.25, 0.3) is 6.08 Å². The van der Waals surface area contributed by atoms with Crippen LogP contribution in [0.3, 0.4) is 0 Å². The van der Waals surface area contributed by atoms with E-state index < -0.39 is 0 Å². The standard InChI is InChI=1S/C16H22FN3O2/c17-15-4-1-3-14(13-15)5-7-19-16(21)18-6-2-8-20-9-11-22-12-10-20/h1,3-5,7,13H,2,6,8-12H2,(H2,18,19,21)/b7-5+. The van der Waals surface area contributed by atoms with E-state index in [9.17, 15) is 9.18 Å². The lowest BCUT2D eigenvalue weighted by Crippen LogP contribution is -2.39. The van der Waals surface area contributed by atoms with E-state index in [1.165, 1.54) is 18.3 Å². The summed E-state index contributed by atoms with van der Waals surface area (Å²) in [5, 5.41) is 5.39. The van der Waals surface area contributed by atoms with E-state index in [0.29, 0.717) is 12.1 Å². The van der Waals surface area contributed by atoms with Crippen molar-refractivity contribution in [3.8, 4) is 0 Å². The molecule has 1 saturated heterocycles. The summed E-state index contributed by atoms with van der Waals surface area (Å²) in [5.41, 5.74) is 0.701. The van der Waals surface area contributed by atoms with Crippen molar-refractivity contribution in [2.45, 2.75) is 6.42 Å². The van der Waals surface area contributed by atoms with Gasteiger partial charge in [-0.25, -0.2) is 9.18 Å². The predicted molar refractivity (Wildman–Crippen MR) is 83.8 cm³/mol. The molecule has 1 aliphatic rings. The summed E-state index contributed by atoms with van der Waals surface area (Å²) in [5.74, 6) is -0.297. The Morgan fingerprint density at radius 3 is 2.95 bits per heavy atom. The third-order valence-corrected chi connectivity index (χ3v) is 3.38. The third kappa shape index (κ3) is 6.24. The number of hydrogen-bond donors (Lipinski definition) is 2. The molecule has 2 N–H and O–H groups in total. The van der Waals surface area contributed by atoms with Crippen molar-refractivity contribution in [2.24, 2.45) is 0 Å². The SMILES string of the molecule is O=C(N/C=C/c1cccc(F)c1)NCCCN1CCOCC1. The first-order valence-electron chi connectivity index (χ1n) is 7.50. The summed E-state index contributed by atoms with van der Waals surface area (Å²) in [4.78, 5) is 13.9.